The molecular formula is C21H22F2N6O3S2. The quantitative estimate of drug-likeness (QED) is 0.327. The lowest BCUT2D eigenvalue weighted by molar-refractivity contribution is -0.113. The second-order valence-electron chi connectivity index (χ2n) is 7.08. The molecule has 3 aromatic rings. The third kappa shape index (κ3) is 6.17. The maximum absolute atomic E-state index is 12.5. The fraction of sp³-hybridized carbons (Fsp3) is 0.286. The summed E-state index contributed by atoms with van der Waals surface area (Å²) in [5.74, 6) is 0.0717. The number of allylic oxidation sites excluding steroid dienone is 1. The van der Waals surface area contributed by atoms with E-state index in [1.807, 2.05) is 0 Å². The summed E-state index contributed by atoms with van der Waals surface area (Å²) in [5, 5.41) is 11.9. The van der Waals surface area contributed by atoms with Crippen molar-refractivity contribution in [1.29, 1.82) is 0 Å². The molecule has 1 aromatic carbocycles. The van der Waals surface area contributed by atoms with Gasteiger partial charge in [-0.05, 0) is 31.2 Å². The van der Waals surface area contributed by atoms with Crippen LogP contribution < -0.4 is 10.1 Å². The number of benzene rings is 1. The van der Waals surface area contributed by atoms with Crippen LogP contribution in [0.1, 0.15) is 15.4 Å². The Morgan fingerprint density at radius 3 is 2.62 bits per heavy atom. The van der Waals surface area contributed by atoms with Crippen molar-refractivity contribution < 1.29 is 23.1 Å². The topological polar surface area (TPSA) is 102 Å². The highest BCUT2D eigenvalue weighted by atomic mass is 32.2. The smallest absolute Gasteiger partial charge is 0.387 e. The van der Waals surface area contributed by atoms with Crippen LogP contribution in [0, 0.1) is 6.92 Å². The van der Waals surface area contributed by atoms with Crippen molar-refractivity contribution in [3.63, 3.8) is 0 Å². The Balaban J connectivity index is 1.68. The molecule has 0 saturated heterocycles. The normalized spacial score (nSPS) is 10.9. The van der Waals surface area contributed by atoms with Gasteiger partial charge in [0.2, 0.25) is 5.91 Å². The average molecular weight is 509 g/mol. The summed E-state index contributed by atoms with van der Waals surface area (Å²) in [4.78, 5) is 30.8. The predicted octanol–water partition coefficient (Wildman–Crippen LogP) is 3.93. The number of ether oxygens (including phenoxy) is 1. The highest BCUT2D eigenvalue weighted by Crippen LogP contribution is 2.27. The number of rotatable bonds is 10. The number of thioether (sulfide) groups is 1. The molecule has 9 nitrogen and oxygen atoms in total. The summed E-state index contributed by atoms with van der Waals surface area (Å²) in [5.41, 5.74) is 1.19. The molecular weight excluding hydrogens is 486 g/mol. The number of halogens is 2. The number of hydrogen-bond acceptors (Lipinski definition) is 8. The predicted molar refractivity (Wildman–Crippen MR) is 127 cm³/mol. The van der Waals surface area contributed by atoms with Crippen molar-refractivity contribution in [3.8, 4) is 17.1 Å². The van der Waals surface area contributed by atoms with Gasteiger partial charge >= 0.3 is 6.61 Å². The largest absolute Gasteiger partial charge is 0.435 e. The van der Waals surface area contributed by atoms with Crippen LogP contribution in [0.2, 0.25) is 0 Å². The number of carbonyl (C=O) groups is 2. The third-order valence-corrected chi connectivity index (χ3v) is 6.37. The summed E-state index contributed by atoms with van der Waals surface area (Å²) in [6.45, 7) is 2.93. The van der Waals surface area contributed by atoms with Crippen molar-refractivity contribution in [3.05, 3.63) is 47.5 Å². The molecule has 0 saturated carbocycles. The molecule has 2 heterocycles. The van der Waals surface area contributed by atoms with Crippen LogP contribution in [0.5, 0.6) is 5.75 Å². The molecule has 0 aliphatic carbocycles. The highest BCUT2D eigenvalue weighted by Gasteiger charge is 2.19. The Morgan fingerprint density at radius 2 is 2.00 bits per heavy atom. The van der Waals surface area contributed by atoms with Gasteiger partial charge in [0.1, 0.15) is 10.6 Å². The molecule has 3 rings (SSSR count). The Morgan fingerprint density at radius 1 is 1.29 bits per heavy atom. The van der Waals surface area contributed by atoms with Gasteiger partial charge in [0.25, 0.3) is 5.91 Å². The Labute approximate surface area is 202 Å². The Bertz CT molecular complexity index is 1180. The van der Waals surface area contributed by atoms with Gasteiger partial charge in [0.05, 0.1) is 11.4 Å². The molecule has 0 unspecified atom stereocenters. The molecule has 0 aliphatic heterocycles. The summed E-state index contributed by atoms with van der Waals surface area (Å²) in [7, 11) is 3.30. The van der Waals surface area contributed by atoms with Crippen molar-refractivity contribution in [2.75, 3.05) is 25.2 Å². The molecule has 13 heteroatoms. The molecule has 0 aliphatic rings. The van der Waals surface area contributed by atoms with E-state index in [2.05, 4.69) is 31.8 Å². The SMILES string of the molecule is C=CCn1c(SCC(=O)Nc2nc(C)c(C(=O)N(C)C)s2)nnc1-c1ccc(OC(F)F)cc1. The van der Waals surface area contributed by atoms with Crippen molar-refractivity contribution in [2.24, 2.45) is 0 Å². The van der Waals surface area contributed by atoms with Crippen LogP contribution >= 0.6 is 23.1 Å². The molecule has 0 bridgehead atoms. The number of anilines is 1. The lowest BCUT2D eigenvalue weighted by atomic mass is 10.2. The third-order valence-electron chi connectivity index (χ3n) is 4.34. The maximum atomic E-state index is 12.5. The first-order valence-corrected chi connectivity index (χ1v) is 11.7. The molecule has 0 atom stereocenters. The fourth-order valence-electron chi connectivity index (χ4n) is 2.83. The first-order chi connectivity index (χ1) is 16.2. The second-order valence-corrected chi connectivity index (χ2v) is 9.02. The summed E-state index contributed by atoms with van der Waals surface area (Å²) < 4.78 is 30.9. The molecule has 1 N–H and O–H groups in total. The first-order valence-electron chi connectivity index (χ1n) is 9.90. The van der Waals surface area contributed by atoms with E-state index in [1.165, 1.54) is 28.8 Å². The van der Waals surface area contributed by atoms with E-state index < -0.39 is 6.61 Å². The minimum Gasteiger partial charge on any atom is -0.435 e. The number of nitrogens with one attached hydrogen (secondary N) is 1. The first kappa shape index (κ1) is 25.3. The number of aromatic nitrogens is 4. The fourth-order valence-corrected chi connectivity index (χ4v) is 4.58. The van der Waals surface area contributed by atoms with Gasteiger partial charge in [-0.2, -0.15) is 8.78 Å². The zero-order valence-electron chi connectivity index (χ0n) is 18.6. The van der Waals surface area contributed by atoms with Crippen LogP contribution in [0.4, 0.5) is 13.9 Å². The van der Waals surface area contributed by atoms with Crippen LogP contribution in [0.25, 0.3) is 11.4 Å². The van der Waals surface area contributed by atoms with E-state index in [-0.39, 0.29) is 23.3 Å². The Kier molecular flexibility index (Phi) is 8.34. The van der Waals surface area contributed by atoms with E-state index in [0.717, 1.165) is 11.3 Å². The van der Waals surface area contributed by atoms with Gasteiger partial charge in [-0.15, -0.1) is 16.8 Å². The number of hydrogen-bond donors (Lipinski definition) is 1. The standard InChI is InChI=1S/C21H22F2N6O3S2/c1-5-10-29-17(13-6-8-14(9-7-13)32-19(22)23)26-27-21(29)33-11-15(30)25-20-24-12(2)16(34-20)18(31)28(3)4/h5-9,19H,1,10-11H2,2-4H3,(H,24,25,30). The van der Waals surface area contributed by atoms with E-state index in [9.17, 15) is 18.4 Å². The summed E-state index contributed by atoms with van der Waals surface area (Å²) >= 11 is 2.29. The van der Waals surface area contributed by atoms with Crippen molar-refractivity contribution >= 4 is 40.0 Å². The van der Waals surface area contributed by atoms with E-state index in [4.69, 9.17) is 0 Å². The van der Waals surface area contributed by atoms with Crippen molar-refractivity contribution in [2.45, 2.75) is 25.2 Å². The molecule has 180 valence electrons. The van der Waals surface area contributed by atoms with Gasteiger partial charge in [0.15, 0.2) is 16.1 Å². The van der Waals surface area contributed by atoms with E-state index in [1.54, 1.807) is 43.8 Å². The number of alkyl halides is 2. The van der Waals surface area contributed by atoms with Gasteiger partial charge in [0, 0.05) is 26.2 Å². The lowest BCUT2D eigenvalue weighted by Gasteiger charge is -2.09. The summed E-state index contributed by atoms with van der Waals surface area (Å²) in [6, 6.07) is 6.03. The number of aryl methyl sites for hydroxylation is 1. The maximum Gasteiger partial charge on any atom is 0.387 e. The minimum atomic E-state index is -2.90. The highest BCUT2D eigenvalue weighted by molar-refractivity contribution is 7.99. The van der Waals surface area contributed by atoms with Crippen molar-refractivity contribution in [1.82, 2.24) is 24.6 Å². The number of amides is 2. The van der Waals surface area contributed by atoms with E-state index in [0.29, 0.717) is 38.8 Å². The Hall–Kier alpha value is -3.32. The zero-order chi connectivity index (χ0) is 24.8. The number of carbonyl (C=O) groups excluding carboxylic acids is 2. The van der Waals surface area contributed by atoms with Crippen LogP contribution in [0.15, 0.2) is 42.1 Å². The monoisotopic (exact) mass is 508 g/mol. The van der Waals surface area contributed by atoms with Gasteiger partial charge in [-0.25, -0.2) is 4.98 Å². The van der Waals surface area contributed by atoms with Gasteiger partial charge < -0.3 is 15.0 Å². The van der Waals surface area contributed by atoms with Crippen LogP contribution in [-0.4, -0.2) is 62.9 Å². The molecule has 2 aromatic heterocycles. The molecule has 0 radical (unpaired) electrons. The van der Waals surface area contributed by atoms with Crippen LogP contribution in [-0.2, 0) is 11.3 Å². The van der Waals surface area contributed by atoms with Gasteiger partial charge in [-0.3, -0.25) is 14.2 Å². The second kappa shape index (κ2) is 11.2. The number of thiazole rings is 1. The lowest BCUT2D eigenvalue weighted by Crippen LogP contribution is -2.21. The minimum absolute atomic E-state index is 0.0338. The van der Waals surface area contributed by atoms with Crippen LogP contribution in [0.3, 0.4) is 0 Å². The zero-order valence-corrected chi connectivity index (χ0v) is 20.3. The van der Waals surface area contributed by atoms with Gasteiger partial charge in [-0.1, -0.05) is 29.2 Å². The molecule has 0 spiro atoms. The van der Waals surface area contributed by atoms with E-state index >= 15 is 0 Å². The molecule has 34 heavy (non-hydrogen) atoms. The number of nitrogens with zero attached hydrogens (tertiary/aromatic N) is 5. The average Bonchev–Trinajstić information content (AvgIpc) is 3.35. The molecule has 0 fully saturated rings. The summed E-state index contributed by atoms with van der Waals surface area (Å²) in [6.07, 6.45) is 1.66. The molecule has 2 amide bonds.